The quantitative estimate of drug-likeness (QED) is 0.690. The van der Waals surface area contributed by atoms with E-state index >= 15 is 0 Å². The summed E-state index contributed by atoms with van der Waals surface area (Å²) in [7, 11) is 0. The maximum absolute atomic E-state index is 5.72. The van der Waals surface area contributed by atoms with E-state index in [9.17, 15) is 0 Å². The fourth-order valence-electron chi connectivity index (χ4n) is 3.24. The van der Waals surface area contributed by atoms with E-state index in [0.717, 1.165) is 69.7 Å². The largest absolute Gasteiger partial charge is 0.379 e. The first-order valence-electron chi connectivity index (χ1n) is 9.99. The SMILES string of the molecule is Cc1ccc(CNC(=S)N(CCCN2CCOCC2)Cc2ccccn2)cc1. The van der Waals surface area contributed by atoms with E-state index in [2.05, 4.69) is 57.4 Å². The number of hydrogen-bond donors (Lipinski definition) is 1. The smallest absolute Gasteiger partial charge is 0.169 e. The summed E-state index contributed by atoms with van der Waals surface area (Å²) in [4.78, 5) is 9.16. The van der Waals surface area contributed by atoms with E-state index in [1.807, 2.05) is 18.3 Å². The van der Waals surface area contributed by atoms with Crippen LogP contribution in [0.1, 0.15) is 23.2 Å². The van der Waals surface area contributed by atoms with Gasteiger partial charge in [-0.25, -0.2) is 0 Å². The summed E-state index contributed by atoms with van der Waals surface area (Å²) in [5, 5.41) is 4.21. The fourth-order valence-corrected chi connectivity index (χ4v) is 3.47. The van der Waals surface area contributed by atoms with Gasteiger partial charge < -0.3 is 15.0 Å². The lowest BCUT2D eigenvalue weighted by Crippen LogP contribution is -2.42. The highest BCUT2D eigenvalue weighted by atomic mass is 32.1. The molecule has 0 bridgehead atoms. The molecule has 0 unspecified atom stereocenters. The first-order valence-corrected chi connectivity index (χ1v) is 10.4. The van der Waals surface area contributed by atoms with E-state index in [1.165, 1.54) is 11.1 Å². The van der Waals surface area contributed by atoms with Crippen molar-refractivity contribution in [3.8, 4) is 0 Å². The molecule has 0 aliphatic carbocycles. The number of aryl methyl sites for hydroxylation is 1. The molecule has 0 saturated carbocycles. The van der Waals surface area contributed by atoms with Gasteiger partial charge in [-0.3, -0.25) is 9.88 Å². The first kappa shape index (κ1) is 20.7. The summed E-state index contributed by atoms with van der Waals surface area (Å²) < 4.78 is 5.43. The van der Waals surface area contributed by atoms with E-state index in [0.29, 0.717) is 0 Å². The van der Waals surface area contributed by atoms with Crippen molar-refractivity contribution in [3.63, 3.8) is 0 Å². The molecule has 28 heavy (non-hydrogen) atoms. The van der Waals surface area contributed by atoms with Crippen LogP contribution in [-0.2, 0) is 17.8 Å². The van der Waals surface area contributed by atoms with Gasteiger partial charge in [-0.15, -0.1) is 0 Å². The summed E-state index contributed by atoms with van der Waals surface area (Å²) in [5.74, 6) is 0. The minimum atomic E-state index is 0.726. The van der Waals surface area contributed by atoms with E-state index in [-0.39, 0.29) is 0 Å². The normalized spacial score (nSPS) is 14.6. The lowest BCUT2D eigenvalue weighted by atomic mass is 10.1. The monoisotopic (exact) mass is 398 g/mol. The van der Waals surface area contributed by atoms with Crippen molar-refractivity contribution in [3.05, 3.63) is 65.5 Å². The molecule has 1 N–H and O–H groups in total. The number of aromatic nitrogens is 1. The molecule has 0 amide bonds. The lowest BCUT2D eigenvalue weighted by molar-refractivity contribution is 0.0367. The van der Waals surface area contributed by atoms with Gasteiger partial charge in [0.1, 0.15) is 0 Å². The molecule has 1 aliphatic rings. The molecule has 1 aliphatic heterocycles. The second kappa shape index (κ2) is 11.1. The third-order valence-electron chi connectivity index (χ3n) is 4.94. The first-order chi connectivity index (χ1) is 13.7. The molecular weight excluding hydrogens is 368 g/mol. The number of nitrogens with zero attached hydrogens (tertiary/aromatic N) is 3. The average molecular weight is 399 g/mol. The van der Waals surface area contributed by atoms with Gasteiger partial charge in [0, 0.05) is 38.9 Å². The summed E-state index contributed by atoms with van der Waals surface area (Å²) >= 11 is 5.72. The highest BCUT2D eigenvalue weighted by Gasteiger charge is 2.14. The molecule has 5 nitrogen and oxygen atoms in total. The summed E-state index contributed by atoms with van der Waals surface area (Å²) in [6, 6.07) is 14.6. The van der Waals surface area contributed by atoms with Crippen LogP contribution < -0.4 is 5.32 Å². The summed E-state index contributed by atoms with van der Waals surface area (Å²) in [5.41, 5.74) is 3.54. The zero-order valence-corrected chi connectivity index (χ0v) is 17.5. The minimum Gasteiger partial charge on any atom is -0.379 e. The summed E-state index contributed by atoms with van der Waals surface area (Å²) in [6.07, 6.45) is 2.91. The van der Waals surface area contributed by atoms with Crippen molar-refractivity contribution in [2.75, 3.05) is 39.4 Å². The number of nitrogens with one attached hydrogen (secondary N) is 1. The molecule has 0 spiro atoms. The molecule has 1 aromatic carbocycles. The predicted octanol–water partition coefficient (Wildman–Crippen LogP) is 2.99. The number of pyridine rings is 1. The lowest BCUT2D eigenvalue weighted by Gasteiger charge is -2.29. The second-order valence-electron chi connectivity index (χ2n) is 7.19. The van der Waals surface area contributed by atoms with Crippen LogP contribution in [0.15, 0.2) is 48.7 Å². The minimum absolute atomic E-state index is 0.726. The Labute approximate surface area is 173 Å². The molecule has 1 saturated heterocycles. The number of ether oxygens (including phenoxy) is 1. The van der Waals surface area contributed by atoms with Crippen molar-refractivity contribution in [2.45, 2.75) is 26.4 Å². The zero-order valence-electron chi connectivity index (χ0n) is 16.6. The highest BCUT2D eigenvalue weighted by molar-refractivity contribution is 7.80. The van der Waals surface area contributed by atoms with Gasteiger partial charge in [0.2, 0.25) is 0 Å². The number of thiocarbonyl (C=S) groups is 1. The maximum atomic E-state index is 5.72. The van der Waals surface area contributed by atoms with Crippen molar-refractivity contribution in [1.29, 1.82) is 0 Å². The van der Waals surface area contributed by atoms with Crippen LogP contribution in [0.25, 0.3) is 0 Å². The van der Waals surface area contributed by atoms with Crippen LogP contribution >= 0.6 is 12.2 Å². The number of rotatable bonds is 8. The van der Waals surface area contributed by atoms with Gasteiger partial charge in [-0.05, 0) is 43.3 Å². The Bertz CT molecular complexity index is 717. The topological polar surface area (TPSA) is 40.6 Å². The van der Waals surface area contributed by atoms with Gasteiger partial charge in [0.05, 0.1) is 25.5 Å². The van der Waals surface area contributed by atoms with Crippen molar-refractivity contribution in [2.24, 2.45) is 0 Å². The van der Waals surface area contributed by atoms with E-state index < -0.39 is 0 Å². The molecule has 2 heterocycles. The van der Waals surface area contributed by atoms with Crippen LogP contribution in [0.5, 0.6) is 0 Å². The Hall–Kier alpha value is -2.02. The molecule has 0 radical (unpaired) electrons. The Morgan fingerprint density at radius 3 is 2.68 bits per heavy atom. The van der Waals surface area contributed by atoms with Crippen molar-refractivity contribution < 1.29 is 4.74 Å². The maximum Gasteiger partial charge on any atom is 0.169 e. The second-order valence-corrected chi connectivity index (χ2v) is 7.58. The molecule has 6 heteroatoms. The number of morpholine rings is 1. The standard InChI is InChI=1S/C22H30N4OS/c1-19-6-8-20(9-7-19)17-24-22(28)26(18-21-5-2-3-10-23-21)12-4-11-25-13-15-27-16-14-25/h2-3,5-10H,4,11-18H2,1H3,(H,24,28). The van der Waals surface area contributed by atoms with Crippen LogP contribution in [0.2, 0.25) is 0 Å². The van der Waals surface area contributed by atoms with Gasteiger partial charge in [-0.2, -0.15) is 0 Å². The van der Waals surface area contributed by atoms with Gasteiger partial charge >= 0.3 is 0 Å². The Balaban J connectivity index is 1.54. The van der Waals surface area contributed by atoms with E-state index in [1.54, 1.807) is 0 Å². The number of benzene rings is 1. The fraction of sp³-hybridized carbons (Fsp3) is 0.455. The third kappa shape index (κ3) is 6.86. The zero-order chi connectivity index (χ0) is 19.6. The molecule has 1 aromatic heterocycles. The molecule has 1 fully saturated rings. The third-order valence-corrected chi connectivity index (χ3v) is 5.34. The van der Waals surface area contributed by atoms with Crippen molar-refractivity contribution >= 4 is 17.3 Å². The van der Waals surface area contributed by atoms with Crippen molar-refractivity contribution in [1.82, 2.24) is 20.1 Å². The predicted molar refractivity (Wildman–Crippen MR) is 117 cm³/mol. The van der Waals surface area contributed by atoms with Crippen LogP contribution in [0, 0.1) is 6.92 Å². The van der Waals surface area contributed by atoms with Crippen LogP contribution in [0.4, 0.5) is 0 Å². The average Bonchev–Trinajstić information content (AvgIpc) is 2.74. The van der Waals surface area contributed by atoms with Crippen LogP contribution in [0.3, 0.4) is 0 Å². The molecule has 150 valence electrons. The Morgan fingerprint density at radius 2 is 1.96 bits per heavy atom. The van der Waals surface area contributed by atoms with Gasteiger partial charge in [0.15, 0.2) is 5.11 Å². The Kier molecular flexibility index (Phi) is 8.21. The Morgan fingerprint density at radius 1 is 1.18 bits per heavy atom. The molecule has 2 aromatic rings. The molecule has 0 atom stereocenters. The van der Waals surface area contributed by atoms with E-state index in [4.69, 9.17) is 17.0 Å². The highest BCUT2D eigenvalue weighted by Crippen LogP contribution is 2.07. The van der Waals surface area contributed by atoms with Gasteiger partial charge in [0.25, 0.3) is 0 Å². The molecular formula is C22H30N4OS. The number of hydrogen-bond acceptors (Lipinski definition) is 4. The van der Waals surface area contributed by atoms with Gasteiger partial charge in [-0.1, -0.05) is 35.9 Å². The molecule has 3 rings (SSSR count). The van der Waals surface area contributed by atoms with Crippen LogP contribution in [-0.4, -0.2) is 59.3 Å². The summed E-state index contributed by atoms with van der Waals surface area (Å²) in [6.45, 7) is 9.28.